The molecule has 6 nitrogen and oxygen atoms in total. The van der Waals surface area contributed by atoms with Gasteiger partial charge in [0.05, 0.1) is 27.7 Å². The van der Waals surface area contributed by atoms with E-state index in [1.54, 1.807) is 12.6 Å². The van der Waals surface area contributed by atoms with Gasteiger partial charge in [0.1, 0.15) is 0 Å². The van der Waals surface area contributed by atoms with E-state index in [4.69, 9.17) is 4.74 Å². The molecule has 2 fully saturated rings. The quantitative estimate of drug-likeness (QED) is 0.826. The molecule has 1 aromatic carbocycles. The maximum Gasteiger partial charge on any atom is 0.253 e. The lowest BCUT2D eigenvalue weighted by molar-refractivity contribution is -0.146. The SMILES string of the molecule is COCCN1CCC[C@]2(CCN(C(=O)c3ccc4ncsc4c3)C2)C1=O. The molecule has 2 saturated heterocycles. The van der Waals surface area contributed by atoms with Crippen molar-refractivity contribution in [3.8, 4) is 0 Å². The van der Waals surface area contributed by atoms with Crippen molar-refractivity contribution in [1.82, 2.24) is 14.8 Å². The third kappa shape index (κ3) is 2.99. The lowest BCUT2D eigenvalue weighted by atomic mass is 9.78. The lowest BCUT2D eigenvalue weighted by Crippen LogP contribution is -2.51. The van der Waals surface area contributed by atoms with Crippen molar-refractivity contribution in [1.29, 1.82) is 0 Å². The molecule has 0 N–H and O–H groups in total. The second-order valence-electron chi connectivity index (χ2n) is 7.18. The van der Waals surface area contributed by atoms with Gasteiger partial charge in [0, 0.05) is 38.9 Å². The second-order valence-corrected chi connectivity index (χ2v) is 8.07. The first kappa shape index (κ1) is 17.4. The van der Waals surface area contributed by atoms with Crippen LogP contribution in [0.25, 0.3) is 10.2 Å². The Bertz CT molecular complexity index is 836. The van der Waals surface area contributed by atoms with Gasteiger partial charge in [-0.1, -0.05) is 0 Å². The van der Waals surface area contributed by atoms with E-state index in [1.165, 1.54) is 11.3 Å². The van der Waals surface area contributed by atoms with E-state index in [1.807, 2.05) is 28.0 Å². The zero-order valence-electron chi connectivity index (χ0n) is 14.9. The summed E-state index contributed by atoms with van der Waals surface area (Å²) in [5.41, 5.74) is 2.98. The number of hydrogen-bond donors (Lipinski definition) is 0. The van der Waals surface area contributed by atoms with Crippen LogP contribution in [0.5, 0.6) is 0 Å². The Labute approximate surface area is 156 Å². The van der Waals surface area contributed by atoms with Gasteiger partial charge in [0.25, 0.3) is 5.91 Å². The molecule has 1 spiro atoms. The highest BCUT2D eigenvalue weighted by molar-refractivity contribution is 7.16. The number of nitrogens with zero attached hydrogens (tertiary/aromatic N) is 3. The van der Waals surface area contributed by atoms with Gasteiger partial charge in [-0.3, -0.25) is 9.59 Å². The summed E-state index contributed by atoms with van der Waals surface area (Å²) in [6, 6.07) is 5.64. The third-order valence-electron chi connectivity index (χ3n) is 5.61. The first-order chi connectivity index (χ1) is 12.6. The molecule has 26 heavy (non-hydrogen) atoms. The van der Waals surface area contributed by atoms with E-state index >= 15 is 0 Å². The van der Waals surface area contributed by atoms with Gasteiger partial charge >= 0.3 is 0 Å². The standard InChI is InChI=1S/C19H23N3O3S/c1-25-10-9-21-7-2-5-19(18(21)24)6-8-22(12-19)17(23)14-3-4-15-16(11-14)26-13-20-15/h3-4,11,13H,2,5-10,12H2,1H3/t19-/m1/s1. The fourth-order valence-corrected chi connectivity index (χ4v) is 4.88. The Morgan fingerprint density at radius 1 is 1.35 bits per heavy atom. The van der Waals surface area contributed by atoms with Crippen molar-refractivity contribution in [3.63, 3.8) is 0 Å². The summed E-state index contributed by atoms with van der Waals surface area (Å²) < 4.78 is 6.14. The van der Waals surface area contributed by atoms with Gasteiger partial charge in [-0.05, 0) is 37.5 Å². The average Bonchev–Trinajstić information content (AvgIpc) is 3.29. The fraction of sp³-hybridized carbons (Fsp3) is 0.526. The van der Waals surface area contributed by atoms with Crippen LogP contribution in [0.2, 0.25) is 0 Å². The maximum atomic E-state index is 13.0. The molecule has 138 valence electrons. The van der Waals surface area contributed by atoms with Crippen LogP contribution in [0.4, 0.5) is 0 Å². The van der Waals surface area contributed by atoms with Crippen molar-refractivity contribution >= 4 is 33.4 Å². The van der Waals surface area contributed by atoms with Crippen LogP contribution in [0.1, 0.15) is 29.6 Å². The Kier molecular flexibility index (Phi) is 4.67. The van der Waals surface area contributed by atoms with E-state index in [9.17, 15) is 9.59 Å². The van der Waals surface area contributed by atoms with Crippen molar-refractivity contribution in [2.24, 2.45) is 5.41 Å². The van der Waals surface area contributed by atoms with Crippen molar-refractivity contribution in [2.75, 3.05) is 39.9 Å². The van der Waals surface area contributed by atoms with Gasteiger partial charge < -0.3 is 14.5 Å². The molecular formula is C19H23N3O3S. The summed E-state index contributed by atoms with van der Waals surface area (Å²) in [6.45, 7) is 3.14. The first-order valence-corrected chi connectivity index (χ1v) is 9.92. The number of aromatic nitrogens is 1. The number of hydrogen-bond acceptors (Lipinski definition) is 5. The second kappa shape index (κ2) is 6.96. The molecule has 0 unspecified atom stereocenters. The lowest BCUT2D eigenvalue weighted by Gasteiger charge is -2.39. The van der Waals surface area contributed by atoms with Crippen molar-refractivity contribution in [2.45, 2.75) is 19.3 Å². The van der Waals surface area contributed by atoms with Crippen LogP contribution in [-0.4, -0.2) is 66.5 Å². The van der Waals surface area contributed by atoms with E-state index < -0.39 is 5.41 Å². The molecule has 7 heteroatoms. The topological polar surface area (TPSA) is 62.7 Å². The number of piperidine rings is 1. The zero-order chi connectivity index (χ0) is 18.1. The number of rotatable bonds is 4. The van der Waals surface area contributed by atoms with Crippen molar-refractivity contribution < 1.29 is 14.3 Å². The molecule has 0 bridgehead atoms. The number of fused-ring (bicyclic) bond motifs is 1. The van der Waals surface area contributed by atoms with E-state index in [0.717, 1.165) is 36.0 Å². The third-order valence-corrected chi connectivity index (χ3v) is 6.40. The van der Waals surface area contributed by atoms with Gasteiger partial charge in [0.2, 0.25) is 5.91 Å². The monoisotopic (exact) mass is 373 g/mol. The summed E-state index contributed by atoms with van der Waals surface area (Å²) in [7, 11) is 1.65. The minimum Gasteiger partial charge on any atom is -0.383 e. The highest BCUT2D eigenvalue weighted by Gasteiger charge is 2.49. The van der Waals surface area contributed by atoms with Crippen LogP contribution in [0, 0.1) is 5.41 Å². The highest BCUT2D eigenvalue weighted by Crippen LogP contribution is 2.40. The largest absolute Gasteiger partial charge is 0.383 e. The van der Waals surface area contributed by atoms with Gasteiger partial charge in [-0.2, -0.15) is 0 Å². The number of benzene rings is 1. The molecule has 0 saturated carbocycles. The fourth-order valence-electron chi connectivity index (χ4n) is 4.16. The number of carbonyl (C=O) groups is 2. The molecule has 0 aliphatic carbocycles. The van der Waals surface area contributed by atoms with Crippen molar-refractivity contribution in [3.05, 3.63) is 29.3 Å². The number of methoxy groups -OCH3 is 1. The molecule has 0 radical (unpaired) electrons. The first-order valence-electron chi connectivity index (χ1n) is 9.04. The molecule has 2 amide bonds. The number of amides is 2. The minimum atomic E-state index is -0.407. The van der Waals surface area contributed by atoms with E-state index in [2.05, 4.69) is 4.98 Å². The summed E-state index contributed by atoms with van der Waals surface area (Å²) in [6.07, 6.45) is 2.61. The average molecular weight is 373 g/mol. The zero-order valence-corrected chi connectivity index (χ0v) is 15.8. The minimum absolute atomic E-state index is 0.0130. The molecule has 2 aromatic rings. The van der Waals surface area contributed by atoms with Crippen LogP contribution >= 0.6 is 11.3 Å². The Hall–Kier alpha value is -1.99. The van der Waals surface area contributed by atoms with Crippen LogP contribution < -0.4 is 0 Å². The maximum absolute atomic E-state index is 13.0. The molecule has 2 aliphatic heterocycles. The number of carbonyl (C=O) groups excluding carboxylic acids is 2. The van der Waals surface area contributed by atoms with Crippen LogP contribution in [0.15, 0.2) is 23.7 Å². The molecule has 1 aromatic heterocycles. The Balaban J connectivity index is 1.50. The summed E-state index contributed by atoms with van der Waals surface area (Å²) in [4.78, 5) is 34.0. The summed E-state index contributed by atoms with van der Waals surface area (Å²) in [5, 5.41) is 0. The predicted molar refractivity (Wildman–Crippen MR) is 100 cm³/mol. The van der Waals surface area contributed by atoms with Crippen LogP contribution in [0.3, 0.4) is 0 Å². The van der Waals surface area contributed by atoms with Crippen LogP contribution in [-0.2, 0) is 9.53 Å². The summed E-state index contributed by atoms with van der Waals surface area (Å²) in [5.74, 6) is 0.202. The van der Waals surface area contributed by atoms with Gasteiger partial charge in [-0.15, -0.1) is 11.3 Å². The molecule has 1 atom stereocenters. The number of thiazole rings is 1. The highest BCUT2D eigenvalue weighted by atomic mass is 32.1. The number of ether oxygens (including phenoxy) is 1. The Morgan fingerprint density at radius 2 is 2.23 bits per heavy atom. The van der Waals surface area contributed by atoms with E-state index in [0.29, 0.717) is 31.8 Å². The molecule has 2 aliphatic rings. The molecular weight excluding hydrogens is 350 g/mol. The predicted octanol–water partition coefficient (Wildman–Crippen LogP) is 2.40. The Morgan fingerprint density at radius 3 is 3.08 bits per heavy atom. The smallest absolute Gasteiger partial charge is 0.253 e. The molecule has 4 rings (SSSR count). The normalized spacial score (nSPS) is 23.3. The van der Waals surface area contributed by atoms with Gasteiger partial charge in [-0.25, -0.2) is 4.98 Å². The molecule has 3 heterocycles. The van der Waals surface area contributed by atoms with E-state index in [-0.39, 0.29) is 11.8 Å². The summed E-state index contributed by atoms with van der Waals surface area (Å²) >= 11 is 1.54. The number of likely N-dealkylation sites (tertiary alicyclic amines) is 2. The van der Waals surface area contributed by atoms with Gasteiger partial charge in [0.15, 0.2) is 0 Å².